The number of esters is 1. The average Bonchev–Trinajstić information content (AvgIpc) is 4.25. The highest BCUT2D eigenvalue weighted by atomic mass is 16.8. The molecule has 80 heavy (non-hydrogen) atoms. The Balaban J connectivity index is 0.652. The van der Waals surface area contributed by atoms with Crippen molar-refractivity contribution >= 4 is 11.8 Å². The molecule has 0 aliphatic carbocycles. The monoisotopic (exact) mass is 1120 g/mol. The Morgan fingerprint density at radius 2 is 1.20 bits per heavy atom. The standard InChI is InChI=1S/C61H86O19/c1-27-15-34-7-9-38-28(2)16-36(66-38)11-13-59-25-47-55(79-59)56-57(73-47)58(80-59)54-39(70-56)10-8-35(68-54)18-49(65)74-53-32(6)52-44(69-43(53)20-40(67-34)31(27)5)21-42-46(72-52)24-61(75-42)26-48-51(78-61)30(4)23-60(77-48)22-29(3)50-45(76-60)19-37(64)41(71-50)17-33(63)12-14-62/h27,29-30,32,34-48,50-58,62,64H,2,5,7-26H2,1,3-4,6H3/t27-,29+,30+,32+,34+,35-,36+,37-,38+,39+,40-,41-,42-,43+,44+,45+,46-,47+,48+,50+,51+,52+,53-,54+,55-,56+,57-,58+,59+,60-,61+/m1/s1. The summed E-state index contributed by atoms with van der Waals surface area (Å²) in [6, 6.07) is 0. The summed E-state index contributed by atoms with van der Waals surface area (Å²) in [5.74, 6) is -3.05. The Labute approximate surface area is 469 Å². The molecule has 0 aromatic heterocycles. The molecule has 0 saturated carbocycles. The molecular formula is C61H86O19. The molecule has 16 rings (SSSR count). The van der Waals surface area contributed by atoms with Gasteiger partial charge in [-0.25, -0.2) is 0 Å². The summed E-state index contributed by atoms with van der Waals surface area (Å²) < 4.78 is 104. The number of hydrogen-bond acceptors (Lipinski definition) is 19. The number of hydrogen-bond donors (Lipinski definition) is 2. The quantitative estimate of drug-likeness (QED) is 0.262. The van der Waals surface area contributed by atoms with Gasteiger partial charge in [0.1, 0.15) is 42.4 Å². The van der Waals surface area contributed by atoms with Gasteiger partial charge in [0.05, 0.1) is 116 Å². The Hall–Kier alpha value is -2.02. The van der Waals surface area contributed by atoms with Crippen LogP contribution in [-0.2, 0) is 80.6 Å². The highest BCUT2D eigenvalue weighted by Gasteiger charge is 2.70. The minimum Gasteiger partial charge on any atom is -0.459 e. The molecule has 16 saturated heterocycles. The van der Waals surface area contributed by atoms with Gasteiger partial charge >= 0.3 is 5.97 Å². The molecule has 0 amide bonds. The zero-order valence-corrected chi connectivity index (χ0v) is 47.1. The van der Waals surface area contributed by atoms with E-state index in [4.69, 9.17) is 71.1 Å². The second kappa shape index (κ2) is 20.6. The summed E-state index contributed by atoms with van der Waals surface area (Å²) in [6.07, 6.45) is 2.59. The fourth-order valence-corrected chi connectivity index (χ4v) is 18.3. The number of ketones is 1. The van der Waals surface area contributed by atoms with Gasteiger partial charge in [0.25, 0.3) is 0 Å². The minimum absolute atomic E-state index is 0.0122. The summed E-state index contributed by atoms with van der Waals surface area (Å²) in [7, 11) is 0. The van der Waals surface area contributed by atoms with Gasteiger partial charge in [-0.3, -0.25) is 9.59 Å². The lowest BCUT2D eigenvalue weighted by atomic mass is 9.78. The Kier molecular flexibility index (Phi) is 14.0. The maximum Gasteiger partial charge on any atom is 0.308 e. The van der Waals surface area contributed by atoms with Crippen molar-refractivity contribution in [2.45, 2.75) is 314 Å². The summed E-state index contributed by atoms with van der Waals surface area (Å²) in [5, 5.41) is 20.4. The first-order chi connectivity index (χ1) is 38.5. The van der Waals surface area contributed by atoms with E-state index in [9.17, 15) is 19.8 Å². The van der Waals surface area contributed by atoms with Crippen molar-refractivity contribution in [1.29, 1.82) is 0 Å². The molecule has 19 nitrogen and oxygen atoms in total. The number of carbonyl (C=O) groups is 2. The summed E-state index contributed by atoms with van der Waals surface area (Å²) >= 11 is 0. The predicted molar refractivity (Wildman–Crippen MR) is 277 cm³/mol. The SMILES string of the molecule is C=C1C[C@@H]2CC[C@@]34C[C@@H]5O[C@H]6[C@@H](O3)[C@H]3O[C@H](CC[C@@H]3O[C@H]6[C@@H]5O4)CC(=O)O[C@@H]3[C@@H](C)[C@@H]4O[C@@H]5C[C@]6(C[C@@H]7O[C@]8(C[C@H](C)[C@@H]9O[C@H](CC(=O)CCO)[C@H](O)C[C@@H]9O8)C[C@H](C)[C@@H]7O6)O[C@@H]5C[C@@H]4O[C@H]3C[C@H]3O[C@@H](CC[C@@H]1O2)C[C@@H](C)C3=C. The molecule has 19 heteroatoms. The zero-order chi connectivity index (χ0) is 54.7. The normalized spacial score (nSPS) is 56.9. The van der Waals surface area contributed by atoms with Crippen molar-refractivity contribution in [3.63, 3.8) is 0 Å². The molecule has 12 bridgehead atoms. The number of carbonyl (C=O) groups excluding carboxylic acids is 2. The molecule has 16 fully saturated rings. The zero-order valence-electron chi connectivity index (χ0n) is 47.1. The van der Waals surface area contributed by atoms with E-state index in [1.54, 1.807) is 0 Å². The number of aliphatic hydroxyl groups is 2. The molecular weight excluding hydrogens is 1040 g/mol. The van der Waals surface area contributed by atoms with Crippen molar-refractivity contribution in [3.8, 4) is 0 Å². The van der Waals surface area contributed by atoms with Crippen LogP contribution >= 0.6 is 0 Å². The average molecular weight is 1120 g/mol. The van der Waals surface area contributed by atoms with Gasteiger partial charge in [0.15, 0.2) is 17.4 Å². The first-order valence-electron chi connectivity index (χ1n) is 31.2. The van der Waals surface area contributed by atoms with Crippen LogP contribution in [0.5, 0.6) is 0 Å². The molecule has 0 unspecified atom stereocenters. The Morgan fingerprint density at radius 1 is 0.525 bits per heavy atom. The van der Waals surface area contributed by atoms with Crippen LogP contribution in [0.2, 0.25) is 0 Å². The van der Waals surface area contributed by atoms with Crippen molar-refractivity contribution < 1.29 is 90.9 Å². The highest BCUT2D eigenvalue weighted by molar-refractivity contribution is 5.79. The van der Waals surface area contributed by atoms with Crippen LogP contribution in [0.25, 0.3) is 0 Å². The maximum absolute atomic E-state index is 14.6. The number of aliphatic hydroxyl groups excluding tert-OH is 2. The van der Waals surface area contributed by atoms with Crippen LogP contribution in [0.4, 0.5) is 0 Å². The van der Waals surface area contributed by atoms with Gasteiger partial charge in [-0.2, -0.15) is 0 Å². The van der Waals surface area contributed by atoms with E-state index < -0.39 is 66.2 Å². The maximum atomic E-state index is 14.6. The molecule has 31 atom stereocenters. The smallest absolute Gasteiger partial charge is 0.308 e. The topological polar surface area (TPSA) is 213 Å². The third-order valence-electron chi connectivity index (χ3n) is 22.0. The third kappa shape index (κ3) is 9.51. The minimum atomic E-state index is -0.939. The van der Waals surface area contributed by atoms with E-state index in [-0.39, 0.29) is 159 Å². The lowest BCUT2D eigenvalue weighted by Crippen LogP contribution is -2.62. The summed E-state index contributed by atoms with van der Waals surface area (Å²) in [4.78, 5) is 27.0. The van der Waals surface area contributed by atoms with Crippen molar-refractivity contribution in [3.05, 3.63) is 24.3 Å². The molecule has 0 radical (unpaired) electrons. The molecule has 16 heterocycles. The number of Topliss-reactive ketones (excluding diaryl/α,β-unsaturated/α-hetero) is 1. The molecule has 3 spiro atoms. The molecule has 16 aliphatic rings. The Morgan fingerprint density at radius 3 is 2.05 bits per heavy atom. The third-order valence-corrected chi connectivity index (χ3v) is 22.0. The fraction of sp³-hybridized carbons (Fsp3) is 0.902. The van der Waals surface area contributed by atoms with E-state index in [1.807, 2.05) is 0 Å². The fourth-order valence-electron chi connectivity index (χ4n) is 18.3. The van der Waals surface area contributed by atoms with Gasteiger partial charge in [-0.1, -0.05) is 40.9 Å². The lowest BCUT2D eigenvalue weighted by Gasteiger charge is -2.54. The van der Waals surface area contributed by atoms with E-state index in [0.717, 1.165) is 49.7 Å². The number of rotatable bonds is 4. The molecule has 0 aromatic carbocycles. The first kappa shape index (κ1) is 54.6. The van der Waals surface area contributed by atoms with Crippen LogP contribution in [0.3, 0.4) is 0 Å². The molecule has 0 aromatic rings. The molecule has 16 aliphatic heterocycles. The predicted octanol–water partition coefficient (Wildman–Crippen LogP) is 5.52. The molecule has 444 valence electrons. The van der Waals surface area contributed by atoms with E-state index >= 15 is 0 Å². The van der Waals surface area contributed by atoms with Crippen LogP contribution in [0.1, 0.15) is 150 Å². The van der Waals surface area contributed by atoms with Gasteiger partial charge in [0.2, 0.25) is 0 Å². The van der Waals surface area contributed by atoms with Crippen LogP contribution < -0.4 is 0 Å². The van der Waals surface area contributed by atoms with Crippen molar-refractivity contribution in [1.82, 2.24) is 0 Å². The van der Waals surface area contributed by atoms with E-state index in [2.05, 4.69) is 40.9 Å². The van der Waals surface area contributed by atoms with Crippen molar-refractivity contribution in [2.24, 2.45) is 23.7 Å². The van der Waals surface area contributed by atoms with Crippen molar-refractivity contribution in [2.75, 3.05) is 6.61 Å². The first-order valence-corrected chi connectivity index (χ1v) is 31.2. The van der Waals surface area contributed by atoms with E-state index in [1.165, 1.54) is 0 Å². The van der Waals surface area contributed by atoms with Gasteiger partial charge < -0.3 is 81.3 Å². The largest absolute Gasteiger partial charge is 0.459 e. The Bertz CT molecular complexity index is 2410. The van der Waals surface area contributed by atoms with E-state index in [0.29, 0.717) is 64.2 Å². The van der Waals surface area contributed by atoms with Crippen LogP contribution in [-0.4, -0.2) is 192 Å². The summed E-state index contributed by atoms with van der Waals surface area (Å²) in [6.45, 7) is 17.6. The van der Waals surface area contributed by atoms with Gasteiger partial charge in [0, 0.05) is 83.2 Å². The second-order valence-electron chi connectivity index (χ2n) is 27.7. The highest BCUT2D eigenvalue weighted by Crippen LogP contribution is 2.58. The van der Waals surface area contributed by atoms with Gasteiger partial charge in [-0.15, -0.1) is 0 Å². The number of ether oxygens (including phenoxy) is 15. The van der Waals surface area contributed by atoms with Crippen LogP contribution in [0.15, 0.2) is 24.3 Å². The van der Waals surface area contributed by atoms with Gasteiger partial charge in [-0.05, 0) is 73.8 Å². The number of fused-ring (bicyclic) bond motifs is 10. The van der Waals surface area contributed by atoms with Crippen LogP contribution in [0, 0.1) is 23.7 Å². The lowest BCUT2D eigenvalue weighted by molar-refractivity contribution is -0.371. The second-order valence-corrected chi connectivity index (χ2v) is 27.7. The summed E-state index contributed by atoms with van der Waals surface area (Å²) in [5.41, 5.74) is 2.15. The molecule has 2 N–H and O–H groups in total.